The molecule has 2 rings (SSSR count). The normalized spacial score (nSPS) is 9.96. The van der Waals surface area contributed by atoms with Crippen molar-refractivity contribution in [1.29, 1.82) is 0 Å². The number of nitrogens with zero attached hydrogens (tertiary/aromatic N) is 1. The fraction of sp³-hybridized carbons (Fsp3) is 0.176. The molecule has 2 aromatic carbocycles. The van der Waals surface area contributed by atoms with Crippen molar-refractivity contribution in [3.8, 4) is 0 Å². The molecule has 3 amide bonds. The van der Waals surface area contributed by atoms with Gasteiger partial charge in [0.25, 0.3) is 5.91 Å². The second-order valence-corrected chi connectivity index (χ2v) is 5.08. The van der Waals surface area contributed by atoms with Gasteiger partial charge in [-0.1, -0.05) is 18.2 Å². The Labute approximate surface area is 135 Å². The maximum Gasteiger partial charge on any atom is 0.316 e. The van der Waals surface area contributed by atoms with Crippen LogP contribution in [0.25, 0.3) is 0 Å². The van der Waals surface area contributed by atoms with Crippen molar-refractivity contribution in [3.63, 3.8) is 0 Å². The van der Waals surface area contributed by atoms with Crippen LogP contribution >= 0.6 is 0 Å². The zero-order valence-corrected chi connectivity index (χ0v) is 13.0. The zero-order valence-electron chi connectivity index (χ0n) is 13.0. The van der Waals surface area contributed by atoms with Crippen molar-refractivity contribution in [2.24, 2.45) is 5.73 Å². The van der Waals surface area contributed by atoms with E-state index in [1.165, 1.54) is 0 Å². The quantitative estimate of drug-likeness (QED) is 0.763. The zero-order chi connectivity index (χ0) is 16.7. The Morgan fingerprint density at radius 2 is 1.70 bits per heavy atom. The number of carbonyl (C=O) groups is 2. The fourth-order valence-corrected chi connectivity index (χ4v) is 2.10. The number of hydrogen-bond donors (Lipinski definition) is 3. The maximum absolute atomic E-state index is 12.1. The highest BCUT2D eigenvalue weighted by Gasteiger charge is 2.06. The summed E-state index contributed by atoms with van der Waals surface area (Å²) >= 11 is 0. The van der Waals surface area contributed by atoms with Crippen LogP contribution in [0, 0.1) is 0 Å². The van der Waals surface area contributed by atoms with Crippen molar-refractivity contribution in [2.75, 3.05) is 30.4 Å². The van der Waals surface area contributed by atoms with E-state index in [1.807, 2.05) is 37.4 Å². The highest BCUT2D eigenvalue weighted by atomic mass is 16.2. The average Bonchev–Trinajstić information content (AvgIpc) is 2.55. The highest BCUT2D eigenvalue weighted by Crippen LogP contribution is 2.10. The van der Waals surface area contributed by atoms with Crippen molar-refractivity contribution in [1.82, 2.24) is 5.32 Å². The van der Waals surface area contributed by atoms with E-state index in [0.717, 1.165) is 5.69 Å². The number of nitrogens with two attached hydrogens (primary N) is 1. The second kappa shape index (κ2) is 7.84. The molecular weight excluding hydrogens is 292 g/mol. The Morgan fingerprint density at radius 3 is 2.30 bits per heavy atom. The topological polar surface area (TPSA) is 87.5 Å². The standard InChI is InChI=1S/C17H20N4O2/c1-21(15-5-3-2-4-6-15)12-11-19-16(22)13-7-9-14(10-8-13)20-17(18)23/h2-10H,11-12H2,1H3,(H,19,22)(H3,18,20,23). The molecule has 120 valence electrons. The van der Waals surface area contributed by atoms with Crippen LogP contribution in [0.15, 0.2) is 54.6 Å². The lowest BCUT2D eigenvalue weighted by Gasteiger charge is -2.19. The lowest BCUT2D eigenvalue weighted by atomic mass is 10.2. The van der Waals surface area contributed by atoms with Gasteiger partial charge in [0.2, 0.25) is 0 Å². The van der Waals surface area contributed by atoms with E-state index in [2.05, 4.69) is 15.5 Å². The second-order valence-electron chi connectivity index (χ2n) is 5.08. The van der Waals surface area contributed by atoms with Gasteiger partial charge in [0.1, 0.15) is 0 Å². The van der Waals surface area contributed by atoms with Gasteiger partial charge in [-0.15, -0.1) is 0 Å². The molecule has 0 radical (unpaired) electrons. The molecule has 0 saturated carbocycles. The van der Waals surface area contributed by atoms with Gasteiger partial charge in [0, 0.05) is 37.1 Å². The predicted molar refractivity (Wildman–Crippen MR) is 91.7 cm³/mol. The van der Waals surface area contributed by atoms with Gasteiger partial charge in [0.15, 0.2) is 0 Å². The van der Waals surface area contributed by atoms with Gasteiger partial charge in [-0.3, -0.25) is 4.79 Å². The minimum atomic E-state index is -0.633. The van der Waals surface area contributed by atoms with Crippen LogP contribution in [-0.2, 0) is 0 Å². The van der Waals surface area contributed by atoms with Crippen molar-refractivity contribution in [2.45, 2.75) is 0 Å². The molecule has 6 nitrogen and oxygen atoms in total. The van der Waals surface area contributed by atoms with E-state index in [1.54, 1.807) is 24.3 Å². The lowest BCUT2D eigenvalue weighted by molar-refractivity contribution is 0.0954. The molecule has 2 aromatic rings. The third-order valence-electron chi connectivity index (χ3n) is 3.34. The summed E-state index contributed by atoms with van der Waals surface area (Å²) in [7, 11) is 1.98. The summed E-state index contributed by atoms with van der Waals surface area (Å²) in [4.78, 5) is 24.9. The number of carbonyl (C=O) groups excluding carboxylic acids is 2. The van der Waals surface area contributed by atoms with Crippen molar-refractivity contribution >= 4 is 23.3 Å². The summed E-state index contributed by atoms with van der Waals surface area (Å²) in [6.45, 7) is 1.24. The number of rotatable bonds is 6. The molecular formula is C17H20N4O2. The minimum absolute atomic E-state index is 0.155. The molecule has 23 heavy (non-hydrogen) atoms. The Balaban J connectivity index is 1.81. The molecule has 0 aromatic heterocycles. The van der Waals surface area contributed by atoms with E-state index >= 15 is 0 Å². The molecule has 0 saturated heterocycles. The lowest BCUT2D eigenvalue weighted by Crippen LogP contribution is -2.32. The highest BCUT2D eigenvalue weighted by molar-refractivity contribution is 5.95. The Morgan fingerprint density at radius 1 is 1.04 bits per heavy atom. The van der Waals surface area contributed by atoms with Crippen LogP contribution in [0.4, 0.5) is 16.2 Å². The molecule has 0 aliphatic carbocycles. The Kier molecular flexibility index (Phi) is 5.57. The Hall–Kier alpha value is -3.02. The molecule has 0 aliphatic rings. The van der Waals surface area contributed by atoms with Crippen molar-refractivity contribution < 1.29 is 9.59 Å². The van der Waals surface area contributed by atoms with Crippen LogP contribution in [0.3, 0.4) is 0 Å². The first-order chi connectivity index (χ1) is 11.1. The largest absolute Gasteiger partial charge is 0.373 e. The summed E-state index contributed by atoms with van der Waals surface area (Å²) in [5.74, 6) is -0.155. The molecule has 6 heteroatoms. The summed E-state index contributed by atoms with van der Waals surface area (Å²) in [6.07, 6.45) is 0. The van der Waals surface area contributed by atoms with Gasteiger partial charge in [-0.2, -0.15) is 0 Å². The summed E-state index contributed by atoms with van der Waals surface area (Å²) in [5.41, 5.74) is 7.21. The molecule has 0 heterocycles. The first kappa shape index (κ1) is 16.4. The van der Waals surface area contributed by atoms with Gasteiger partial charge in [0.05, 0.1) is 0 Å². The minimum Gasteiger partial charge on any atom is -0.373 e. The molecule has 0 bridgehead atoms. The summed E-state index contributed by atoms with van der Waals surface area (Å²) in [6, 6.07) is 15.9. The number of anilines is 2. The van der Waals surface area contributed by atoms with Crippen LogP contribution in [0.2, 0.25) is 0 Å². The van der Waals surface area contributed by atoms with Gasteiger partial charge in [-0.05, 0) is 36.4 Å². The number of nitrogens with one attached hydrogen (secondary N) is 2. The maximum atomic E-state index is 12.1. The van der Waals surface area contributed by atoms with Gasteiger partial charge >= 0.3 is 6.03 Å². The van der Waals surface area contributed by atoms with Gasteiger partial charge < -0.3 is 21.3 Å². The SMILES string of the molecule is CN(CCNC(=O)c1ccc(NC(N)=O)cc1)c1ccccc1. The van der Waals surface area contributed by atoms with Crippen LogP contribution < -0.4 is 21.3 Å². The van der Waals surface area contributed by atoms with Crippen molar-refractivity contribution in [3.05, 3.63) is 60.2 Å². The number of urea groups is 1. The third kappa shape index (κ3) is 5.03. The molecule has 0 aliphatic heterocycles. The number of para-hydroxylation sites is 1. The molecule has 0 unspecified atom stereocenters. The first-order valence-electron chi connectivity index (χ1n) is 7.27. The first-order valence-corrected chi connectivity index (χ1v) is 7.27. The number of hydrogen-bond acceptors (Lipinski definition) is 3. The Bertz CT molecular complexity index is 656. The number of amides is 3. The molecule has 0 spiro atoms. The number of benzene rings is 2. The number of likely N-dealkylation sites (N-methyl/N-ethyl adjacent to an activating group) is 1. The predicted octanol–water partition coefficient (Wildman–Crippen LogP) is 2.04. The van der Waals surface area contributed by atoms with Gasteiger partial charge in [-0.25, -0.2) is 4.79 Å². The molecule has 4 N–H and O–H groups in total. The van der Waals surface area contributed by atoms with E-state index < -0.39 is 6.03 Å². The molecule has 0 fully saturated rings. The fourth-order valence-electron chi connectivity index (χ4n) is 2.10. The van der Waals surface area contributed by atoms with E-state index in [-0.39, 0.29) is 5.91 Å². The summed E-state index contributed by atoms with van der Waals surface area (Å²) < 4.78 is 0. The summed E-state index contributed by atoms with van der Waals surface area (Å²) in [5, 5.41) is 5.31. The van der Waals surface area contributed by atoms with Crippen LogP contribution in [0.1, 0.15) is 10.4 Å². The van der Waals surface area contributed by atoms with E-state index in [4.69, 9.17) is 5.73 Å². The molecule has 0 atom stereocenters. The van der Waals surface area contributed by atoms with E-state index in [9.17, 15) is 9.59 Å². The monoisotopic (exact) mass is 312 g/mol. The average molecular weight is 312 g/mol. The third-order valence-corrected chi connectivity index (χ3v) is 3.34. The van der Waals surface area contributed by atoms with E-state index in [0.29, 0.717) is 24.3 Å². The van der Waals surface area contributed by atoms with Crippen LogP contribution in [0.5, 0.6) is 0 Å². The smallest absolute Gasteiger partial charge is 0.316 e. The number of primary amides is 1. The van der Waals surface area contributed by atoms with Crippen LogP contribution in [-0.4, -0.2) is 32.1 Å².